The second-order valence-corrected chi connectivity index (χ2v) is 6.86. The third kappa shape index (κ3) is 4.10. The maximum absolute atomic E-state index is 12.6. The molecule has 1 aromatic heterocycles. The molecule has 0 spiro atoms. The Hall–Kier alpha value is -2.27. The van der Waals surface area contributed by atoms with Crippen molar-refractivity contribution in [2.24, 2.45) is 0 Å². The molecule has 1 amide bonds. The number of piperidine rings is 1. The largest absolute Gasteiger partial charge is 0.495 e. The van der Waals surface area contributed by atoms with Crippen molar-refractivity contribution in [3.8, 4) is 5.75 Å². The normalized spacial score (nSPS) is 17.0. The van der Waals surface area contributed by atoms with Gasteiger partial charge in [0.2, 0.25) is 0 Å². The fraction of sp³-hybridized carbons (Fsp3) is 0.400. The van der Waals surface area contributed by atoms with Crippen LogP contribution in [0.1, 0.15) is 43.1 Å². The fourth-order valence-corrected chi connectivity index (χ4v) is 3.68. The quantitative estimate of drug-likeness (QED) is 0.820. The lowest BCUT2D eigenvalue weighted by Gasteiger charge is -2.37. The lowest BCUT2D eigenvalue weighted by Crippen LogP contribution is -2.39. The number of pyridine rings is 1. The zero-order valence-electron chi connectivity index (χ0n) is 15.2. The molecule has 0 radical (unpaired) electrons. The van der Waals surface area contributed by atoms with Gasteiger partial charge in [0.15, 0.2) is 0 Å². The van der Waals surface area contributed by atoms with Crippen LogP contribution in [0.4, 0.5) is 11.4 Å². The Bertz CT molecular complexity index is 781. The van der Waals surface area contributed by atoms with Crippen molar-refractivity contribution < 1.29 is 9.53 Å². The van der Waals surface area contributed by atoms with Gasteiger partial charge in [-0.3, -0.25) is 9.78 Å². The minimum absolute atomic E-state index is 0.252. The lowest BCUT2D eigenvalue weighted by atomic mass is 9.99. The minimum atomic E-state index is -0.252. The van der Waals surface area contributed by atoms with E-state index in [4.69, 9.17) is 16.3 Å². The molecule has 1 aliphatic rings. The zero-order chi connectivity index (χ0) is 18.5. The summed E-state index contributed by atoms with van der Waals surface area (Å²) in [5.41, 5.74) is 2.07. The van der Waals surface area contributed by atoms with E-state index in [0.29, 0.717) is 28.2 Å². The number of amides is 1. The molecule has 1 aromatic carbocycles. The van der Waals surface area contributed by atoms with Gasteiger partial charge < -0.3 is 15.0 Å². The van der Waals surface area contributed by atoms with Gasteiger partial charge in [0, 0.05) is 30.2 Å². The fourth-order valence-electron chi connectivity index (χ4n) is 3.43. The summed E-state index contributed by atoms with van der Waals surface area (Å²) in [6.07, 6.45) is 6.46. The zero-order valence-corrected chi connectivity index (χ0v) is 15.9. The molecule has 1 N–H and O–H groups in total. The molecule has 1 aliphatic heterocycles. The summed E-state index contributed by atoms with van der Waals surface area (Å²) in [6.45, 7) is 3.24. The van der Waals surface area contributed by atoms with E-state index in [2.05, 4.69) is 22.1 Å². The van der Waals surface area contributed by atoms with E-state index in [1.807, 2.05) is 12.1 Å². The first-order valence-electron chi connectivity index (χ1n) is 9.00. The summed E-state index contributed by atoms with van der Waals surface area (Å²) >= 11 is 6.12. The van der Waals surface area contributed by atoms with E-state index < -0.39 is 0 Å². The highest BCUT2D eigenvalue weighted by atomic mass is 35.5. The van der Waals surface area contributed by atoms with Crippen LogP contribution in [0, 0.1) is 0 Å². The van der Waals surface area contributed by atoms with Gasteiger partial charge >= 0.3 is 0 Å². The topological polar surface area (TPSA) is 54.5 Å². The molecule has 1 atom stereocenters. The number of hydrogen-bond acceptors (Lipinski definition) is 4. The van der Waals surface area contributed by atoms with E-state index in [-0.39, 0.29) is 5.91 Å². The predicted octanol–water partition coefficient (Wildman–Crippen LogP) is 4.76. The molecule has 1 unspecified atom stereocenters. The molecule has 0 aliphatic carbocycles. The average molecular weight is 374 g/mol. The maximum Gasteiger partial charge on any atom is 0.274 e. The van der Waals surface area contributed by atoms with Gasteiger partial charge in [-0.25, -0.2) is 0 Å². The Balaban J connectivity index is 1.77. The molecule has 2 heterocycles. The molecular weight excluding hydrogens is 350 g/mol. The molecule has 0 saturated carbocycles. The van der Waals surface area contributed by atoms with Gasteiger partial charge in [0.05, 0.1) is 12.1 Å². The number of aromatic nitrogens is 1. The number of halogens is 1. The molecule has 2 aromatic rings. The minimum Gasteiger partial charge on any atom is -0.495 e. The summed E-state index contributed by atoms with van der Waals surface area (Å²) in [6, 6.07) is 9.53. The number of hydrogen-bond donors (Lipinski definition) is 1. The SMILES string of the molecule is CCC1CCCCN1c1ccnc(C(=O)Nc2ccc(OC)c(Cl)c2)c1. The summed E-state index contributed by atoms with van der Waals surface area (Å²) in [7, 11) is 1.55. The highest BCUT2D eigenvalue weighted by molar-refractivity contribution is 6.32. The molecule has 1 fully saturated rings. The second-order valence-electron chi connectivity index (χ2n) is 6.45. The molecule has 0 bridgehead atoms. The molecule has 6 heteroatoms. The highest BCUT2D eigenvalue weighted by Crippen LogP contribution is 2.28. The smallest absolute Gasteiger partial charge is 0.274 e. The van der Waals surface area contributed by atoms with Gasteiger partial charge in [-0.15, -0.1) is 0 Å². The van der Waals surface area contributed by atoms with Gasteiger partial charge in [0.25, 0.3) is 5.91 Å². The first-order chi connectivity index (χ1) is 12.6. The van der Waals surface area contributed by atoms with Crippen molar-refractivity contribution in [1.82, 2.24) is 4.98 Å². The van der Waals surface area contributed by atoms with Crippen LogP contribution in [0.2, 0.25) is 5.02 Å². The first-order valence-corrected chi connectivity index (χ1v) is 9.37. The molecule has 138 valence electrons. The Morgan fingerprint density at radius 1 is 1.35 bits per heavy atom. The van der Waals surface area contributed by atoms with Crippen molar-refractivity contribution in [3.05, 3.63) is 47.2 Å². The summed E-state index contributed by atoms with van der Waals surface area (Å²) in [5.74, 6) is 0.318. The van der Waals surface area contributed by atoms with Crippen LogP contribution < -0.4 is 15.0 Å². The van der Waals surface area contributed by atoms with Crippen LogP contribution >= 0.6 is 11.6 Å². The maximum atomic E-state index is 12.6. The summed E-state index contributed by atoms with van der Waals surface area (Å²) in [5, 5.41) is 3.30. The van der Waals surface area contributed by atoms with E-state index in [1.165, 1.54) is 19.3 Å². The molecule has 26 heavy (non-hydrogen) atoms. The molecule has 3 rings (SSSR count). The number of nitrogens with zero attached hydrogens (tertiary/aromatic N) is 2. The van der Waals surface area contributed by atoms with Crippen molar-refractivity contribution in [2.45, 2.75) is 38.6 Å². The number of methoxy groups -OCH3 is 1. The van der Waals surface area contributed by atoms with Crippen molar-refractivity contribution >= 4 is 28.9 Å². The number of ether oxygens (including phenoxy) is 1. The van der Waals surface area contributed by atoms with E-state index >= 15 is 0 Å². The Morgan fingerprint density at radius 3 is 2.92 bits per heavy atom. The Morgan fingerprint density at radius 2 is 2.19 bits per heavy atom. The highest BCUT2D eigenvalue weighted by Gasteiger charge is 2.22. The molecule has 5 nitrogen and oxygen atoms in total. The third-order valence-electron chi connectivity index (χ3n) is 4.82. The van der Waals surface area contributed by atoms with Crippen LogP contribution in [0.25, 0.3) is 0 Å². The molecular formula is C20H24ClN3O2. The lowest BCUT2D eigenvalue weighted by molar-refractivity contribution is 0.102. The number of nitrogens with one attached hydrogen (secondary N) is 1. The molecule has 1 saturated heterocycles. The number of carbonyl (C=O) groups excluding carboxylic acids is 1. The van der Waals surface area contributed by atoms with E-state index in [0.717, 1.165) is 18.7 Å². The average Bonchev–Trinajstić information content (AvgIpc) is 2.68. The van der Waals surface area contributed by atoms with Crippen LogP contribution in [-0.2, 0) is 0 Å². The number of anilines is 2. The number of benzene rings is 1. The Kier molecular flexibility index (Phi) is 5.99. The van der Waals surface area contributed by atoms with Gasteiger partial charge in [0.1, 0.15) is 11.4 Å². The third-order valence-corrected chi connectivity index (χ3v) is 5.11. The number of rotatable bonds is 5. The Labute approximate surface area is 159 Å². The first kappa shape index (κ1) is 18.5. The number of carbonyl (C=O) groups is 1. The predicted molar refractivity (Wildman–Crippen MR) is 105 cm³/mol. The summed E-state index contributed by atoms with van der Waals surface area (Å²) < 4.78 is 5.13. The second kappa shape index (κ2) is 8.41. The van der Waals surface area contributed by atoms with Crippen molar-refractivity contribution in [2.75, 3.05) is 23.9 Å². The van der Waals surface area contributed by atoms with E-state index in [1.54, 1.807) is 31.5 Å². The van der Waals surface area contributed by atoms with Crippen LogP contribution in [0.5, 0.6) is 5.75 Å². The van der Waals surface area contributed by atoms with Gasteiger partial charge in [-0.1, -0.05) is 18.5 Å². The standard InChI is InChI=1S/C20H24ClN3O2/c1-3-15-6-4-5-11-24(15)16-9-10-22-18(13-16)20(25)23-14-7-8-19(26-2)17(21)12-14/h7-10,12-13,15H,3-6,11H2,1-2H3,(H,23,25). The van der Waals surface area contributed by atoms with Crippen LogP contribution in [-0.4, -0.2) is 30.6 Å². The van der Waals surface area contributed by atoms with Crippen molar-refractivity contribution in [1.29, 1.82) is 0 Å². The van der Waals surface area contributed by atoms with Crippen LogP contribution in [0.3, 0.4) is 0 Å². The van der Waals surface area contributed by atoms with Gasteiger partial charge in [-0.05, 0) is 56.0 Å². The van der Waals surface area contributed by atoms with Crippen molar-refractivity contribution in [3.63, 3.8) is 0 Å². The summed E-state index contributed by atoms with van der Waals surface area (Å²) in [4.78, 5) is 19.2. The van der Waals surface area contributed by atoms with Crippen LogP contribution in [0.15, 0.2) is 36.5 Å². The monoisotopic (exact) mass is 373 g/mol. The van der Waals surface area contributed by atoms with E-state index in [9.17, 15) is 4.79 Å². The van der Waals surface area contributed by atoms with Gasteiger partial charge in [-0.2, -0.15) is 0 Å².